The number of methoxy groups -OCH3 is 1. The topological polar surface area (TPSA) is 96.0 Å². The molecule has 3 aromatic carbocycles. The van der Waals surface area contributed by atoms with E-state index in [1.165, 1.54) is 73.7 Å². The number of amides is 2. The van der Waals surface area contributed by atoms with Gasteiger partial charge in [-0.2, -0.15) is 0 Å². The maximum atomic E-state index is 13.9. The van der Waals surface area contributed by atoms with Crippen molar-refractivity contribution in [1.29, 1.82) is 0 Å². The minimum absolute atomic E-state index is 0.0173. The first-order valence-electron chi connectivity index (χ1n) is 12.2. The van der Waals surface area contributed by atoms with Gasteiger partial charge in [-0.3, -0.25) is 13.9 Å². The van der Waals surface area contributed by atoms with E-state index < -0.39 is 40.2 Å². The Hall–Kier alpha value is -3.63. The van der Waals surface area contributed by atoms with Gasteiger partial charge in [0.25, 0.3) is 10.0 Å². The molecule has 8 nitrogen and oxygen atoms in total. The number of rotatable bonds is 11. The summed E-state index contributed by atoms with van der Waals surface area (Å²) in [4.78, 5) is 27.9. The summed E-state index contributed by atoms with van der Waals surface area (Å²) in [5.41, 5.74) is 1.59. The van der Waals surface area contributed by atoms with E-state index in [1.54, 1.807) is 19.1 Å². The van der Waals surface area contributed by atoms with Crippen LogP contribution in [0, 0.1) is 12.7 Å². The molecule has 0 saturated heterocycles. The van der Waals surface area contributed by atoms with Crippen LogP contribution in [0.25, 0.3) is 0 Å². The molecule has 0 bridgehead atoms. The van der Waals surface area contributed by atoms with E-state index >= 15 is 0 Å². The molecular formula is C28H31ClFN3O5S. The van der Waals surface area contributed by atoms with Crippen molar-refractivity contribution in [2.75, 3.05) is 25.0 Å². The molecule has 0 spiro atoms. The molecule has 0 aliphatic rings. The van der Waals surface area contributed by atoms with E-state index in [1.807, 2.05) is 6.92 Å². The van der Waals surface area contributed by atoms with Crippen LogP contribution >= 0.6 is 11.6 Å². The summed E-state index contributed by atoms with van der Waals surface area (Å²) in [6, 6.07) is 15.3. The standard InChI is InChI=1S/C28H31ClFN3O5S/c1-5-25(28(35)31-3)32(17-20-8-10-21(30)11-9-20)27(34)18-33(22-12-15-26(38-4)24(29)16-22)39(36,37)23-13-6-19(2)7-14-23/h6-16,25H,5,17-18H2,1-4H3,(H,31,35)/t25-/m0/s1. The number of hydrogen-bond donors (Lipinski definition) is 1. The van der Waals surface area contributed by atoms with E-state index in [-0.39, 0.29) is 28.6 Å². The van der Waals surface area contributed by atoms with Gasteiger partial charge in [0.1, 0.15) is 24.2 Å². The van der Waals surface area contributed by atoms with Gasteiger partial charge in [-0.05, 0) is 61.4 Å². The Bertz CT molecular complexity index is 1420. The Morgan fingerprint density at radius 2 is 1.69 bits per heavy atom. The highest BCUT2D eigenvalue weighted by molar-refractivity contribution is 7.92. The zero-order valence-electron chi connectivity index (χ0n) is 22.1. The predicted molar refractivity (Wildman–Crippen MR) is 149 cm³/mol. The van der Waals surface area contributed by atoms with Crippen LogP contribution < -0.4 is 14.4 Å². The molecule has 0 aromatic heterocycles. The van der Waals surface area contributed by atoms with Crippen LogP contribution in [-0.4, -0.2) is 51.9 Å². The molecule has 3 aromatic rings. The molecule has 208 valence electrons. The Kier molecular flexibility index (Phi) is 9.93. The van der Waals surface area contributed by atoms with Gasteiger partial charge in [-0.25, -0.2) is 12.8 Å². The lowest BCUT2D eigenvalue weighted by Crippen LogP contribution is -2.51. The van der Waals surface area contributed by atoms with Crippen molar-refractivity contribution in [2.24, 2.45) is 0 Å². The lowest BCUT2D eigenvalue weighted by atomic mass is 10.1. The normalized spacial score (nSPS) is 11.9. The molecule has 2 amide bonds. The van der Waals surface area contributed by atoms with E-state index in [2.05, 4.69) is 5.32 Å². The van der Waals surface area contributed by atoms with E-state index in [4.69, 9.17) is 16.3 Å². The number of halogens is 2. The van der Waals surface area contributed by atoms with Crippen LogP contribution in [0.3, 0.4) is 0 Å². The number of ether oxygens (including phenoxy) is 1. The first-order valence-corrected chi connectivity index (χ1v) is 14.0. The summed E-state index contributed by atoms with van der Waals surface area (Å²) in [6.45, 7) is 2.92. The second-order valence-corrected chi connectivity index (χ2v) is 11.1. The number of likely N-dealkylation sites (N-methyl/N-ethyl adjacent to an activating group) is 1. The molecular weight excluding hydrogens is 545 g/mol. The van der Waals surface area contributed by atoms with Gasteiger partial charge in [0.05, 0.1) is 22.7 Å². The summed E-state index contributed by atoms with van der Waals surface area (Å²) in [6.07, 6.45) is 0.270. The number of hydrogen-bond acceptors (Lipinski definition) is 5. The van der Waals surface area contributed by atoms with Gasteiger partial charge in [0.2, 0.25) is 11.8 Å². The van der Waals surface area contributed by atoms with Crippen LogP contribution in [-0.2, 0) is 26.2 Å². The second-order valence-electron chi connectivity index (χ2n) is 8.83. The minimum Gasteiger partial charge on any atom is -0.495 e. The monoisotopic (exact) mass is 575 g/mol. The number of sulfonamides is 1. The van der Waals surface area contributed by atoms with Crippen LogP contribution in [0.1, 0.15) is 24.5 Å². The molecule has 0 aliphatic carbocycles. The summed E-state index contributed by atoms with van der Waals surface area (Å²) in [7, 11) is -1.35. The lowest BCUT2D eigenvalue weighted by Gasteiger charge is -2.33. The average molecular weight is 576 g/mol. The third-order valence-corrected chi connectivity index (χ3v) is 8.29. The van der Waals surface area contributed by atoms with Crippen LogP contribution in [0.4, 0.5) is 10.1 Å². The summed E-state index contributed by atoms with van der Waals surface area (Å²) in [5, 5.41) is 2.72. The van der Waals surface area contributed by atoms with Crippen LogP contribution in [0.2, 0.25) is 5.02 Å². The van der Waals surface area contributed by atoms with Crippen LogP contribution in [0.15, 0.2) is 71.6 Å². The van der Waals surface area contributed by atoms with Crippen molar-refractivity contribution in [2.45, 2.75) is 37.8 Å². The van der Waals surface area contributed by atoms with Gasteiger partial charge >= 0.3 is 0 Å². The summed E-state index contributed by atoms with van der Waals surface area (Å²) in [5.74, 6) is -1.14. The molecule has 11 heteroatoms. The fraction of sp³-hybridized carbons (Fsp3) is 0.286. The SMILES string of the molecule is CC[C@@H](C(=O)NC)N(Cc1ccc(F)cc1)C(=O)CN(c1ccc(OC)c(Cl)c1)S(=O)(=O)c1ccc(C)cc1. The smallest absolute Gasteiger partial charge is 0.264 e. The summed E-state index contributed by atoms with van der Waals surface area (Å²) < 4.78 is 47.4. The van der Waals surface area contributed by atoms with E-state index in [0.717, 1.165) is 9.87 Å². The third-order valence-electron chi connectivity index (χ3n) is 6.21. The van der Waals surface area contributed by atoms with Gasteiger partial charge < -0.3 is 15.0 Å². The maximum Gasteiger partial charge on any atom is 0.264 e. The van der Waals surface area contributed by atoms with Crippen LogP contribution in [0.5, 0.6) is 5.75 Å². The zero-order chi connectivity index (χ0) is 28.7. The molecule has 0 saturated carbocycles. The van der Waals surface area contributed by atoms with Crippen molar-refractivity contribution in [3.05, 3.63) is 88.7 Å². The predicted octanol–water partition coefficient (Wildman–Crippen LogP) is 4.54. The molecule has 0 heterocycles. The maximum absolute atomic E-state index is 13.9. The number of benzene rings is 3. The number of carbonyl (C=O) groups is 2. The third kappa shape index (κ3) is 7.07. The highest BCUT2D eigenvalue weighted by Gasteiger charge is 2.33. The van der Waals surface area contributed by atoms with Gasteiger partial charge in [0.15, 0.2) is 0 Å². The minimum atomic E-state index is -4.24. The highest BCUT2D eigenvalue weighted by Crippen LogP contribution is 2.32. The first-order chi connectivity index (χ1) is 18.5. The Labute approximate surface area is 233 Å². The van der Waals surface area contributed by atoms with Crippen molar-refractivity contribution in [3.63, 3.8) is 0 Å². The number of anilines is 1. The lowest BCUT2D eigenvalue weighted by molar-refractivity contribution is -0.140. The molecule has 0 radical (unpaired) electrons. The number of nitrogens with zero attached hydrogens (tertiary/aromatic N) is 2. The first kappa shape index (κ1) is 29.9. The average Bonchev–Trinajstić information content (AvgIpc) is 2.92. The Morgan fingerprint density at radius 1 is 1.05 bits per heavy atom. The van der Waals surface area contributed by atoms with Gasteiger partial charge in [0, 0.05) is 13.6 Å². The Morgan fingerprint density at radius 3 is 2.23 bits per heavy atom. The second kappa shape index (κ2) is 12.9. The van der Waals surface area contributed by atoms with E-state index in [9.17, 15) is 22.4 Å². The molecule has 1 atom stereocenters. The van der Waals surface area contributed by atoms with Crippen molar-refractivity contribution in [3.8, 4) is 5.75 Å². The summed E-state index contributed by atoms with van der Waals surface area (Å²) >= 11 is 6.32. The molecule has 1 N–H and O–H groups in total. The molecule has 0 unspecified atom stereocenters. The number of carbonyl (C=O) groups excluding carboxylic acids is 2. The molecule has 3 rings (SSSR count). The Balaban J connectivity index is 2.09. The quantitative estimate of drug-likeness (QED) is 0.362. The zero-order valence-corrected chi connectivity index (χ0v) is 23.7. The van der Waals surface area contributed by atoms with Crippen molar-refractivity contribution < 1.29 is 27.1 Å². The number of nitrogens with one attached hydrogen (secondary N) is 1. The van der Waals surface area contributed by atoms with Crippen molar-refractivity contribution >= 4 is 39.1 Å². The van der Waals surface area contributed by atoms with Gasteiger partial charge in [-0.15, -0.1) is 0 Å². The highest BCUT2D eigenvalue weighted by atomic mass is 35.5. The number of aryl methyl sites for hydroxylation is 1. The molecule has 0 aliphatic heterocycles. The fourth-order valence-corrected chi connectivity index (χ4v) is 5.71. The van der Waals surface area contributed by atoms with Crippen molar-refractivity contribution in [1.82, 2.24) is 10.2 Å². The van der Waals surface area contributed by atoms with E-state index in [0.29, 0.717) is 11.3 Å². The largest absolute Gasteiger partial charge is 0.495 e. The van der Waals surface area contributed by atoms with Gasteiger partial charge in [-0.1, -0.05) is 48.4 Å². The molecule has 39 heavy (non-hydrogen) atoms. The molecule has 0 fully saturated rings. The fourth-order valence-electron chi connectivity index (χ4n) is 4.05.